The fourth-order valence-electron chi connectivity index (χ4n) is 1.11. The molecule has 0 aromatic heterocycles. The van der Waals surface area contributed by atoms with Gasteiger partial charge in [0.05, 0.1) is 5.60 Å². The van der Waals surface area contributed by atoms with Crippen molar-refractivity contribution >= 4 is 18.5 Å². The number of ether oxygens (including phenoxy) is 1. The summed E-state index contributed by atoms with van der Waals surface area (Å²) >= 11 is 4.19. The quantitative estimate of drug-likeness (QED) is 0.790. The Bertz CT molecular complexity index is 377. The maximum atomic E-state index is 11.8. The fourth-order valence-corrected chi connectivity index (χ4v) is 1.34. The minimum absolute atomic E-state index is 0.110. The topological polar surface area (TPSA) is 38.3 Å². The van der Waals surface area contributed by atoms with Crippen molar-refractivity contribution in [3.8, 4) is 0 Å². The normalized spacial score (nSPS) is 11.2. The molecule has 0 aliphatic rings. The van der Waals surface area contributed by atoms with E-state index in [1.54, 1.807) is 25.3 Å². The molecule has 4 heteroatoms. The lowest BCUT2D eigenvalue weighted by molar-refractivity contribution is 0.0229. The summed E-state index contributed by atoms with van der Waals surface area (Å²) in [4.78, 5) is 12.5. The van der Waals surface area contributed by atoms with Crippen LogP contribution in [0.5, 0.6) is 0 Å². The molecule has 0 atom stereocenters. The molecule has 0 unspecified atom stereocenters. The van der Waals surface area contributed by atoms with Crippen LogP contribution >= 0.6 is 12.6 Å². The van der Waals surface area contributed by atoms with E-state index in [4.69, 9.17) is 4.74 Å². The molecule has 0 aliphatic carbocycles. The van der Waals surface area contributed by atoms with E-state index >= 15 is 0 Å². The Kier molecular flexibility index (Phi) is 4.38. The fraction of sp³-hybridized carbons (Fsp3) is 0.417. The third-order valence-electron chi connectivity index (χ3n) is 2.34. The second-order valence-corrected chi connectivity index (χ2v) is 4.71. The molecule has 0 spiro atoms. The van der Waals surface area contributed by atoms with E-state index in [1.165, 1.54) is 0 Å². The van der Waals surface area contributed by atoms with Crippen molar-refractivity contribution in [2.24, 2.45) is 0 Å². The van der Waals surface area contributed by atoms with E-state index < -0.39 is 0 Å². The smallest absolute Gasteiger partial charge is 0.251 e. The van der Waals surface area contributed by atoms with Gasteiger partial charge in [-0.15, -0.1) is 12.6 Å². The summed E-state index contributed by atoms with van der Waals surface area (Å²) in [5.74, 6) is -0.110. The average Bonchev–Trinajstić information content (AvgIpc) is 2.26. The Morgan fingerprint density at radius 1 is 1.50 bits per heavy atom. The number of thiol groups is 1. The molecule has 1 aromatic rings. The molecule has 3 nitrogen and oxygen atoms in total. The van der Waals surface area contributed by atoms with Gasteiger partial charge in [0.2, 0.25) is 0 Å². The molecule has 0 bridgehead atoms. The van der Waals surface area contributed by atoms with Crippen molar-refractivity contribution in [2.45, 2.75) is 24.3 Å². The highest BCUT2D eigenvalue weighted by Gasteiger charge is 2.17. The molecule has 1 amide bonds. The lowest BCUT2D eigenvalue weighted by Gasteiger charge is -2.23. The number of methoxy groups -OCH3 is 1. The molecule has 0 radical (unpaired) electrons. The first-order chi connectivity index (χ1) is 7.44. The molecule has 0 heterocycles. The molecule has 1 rings (SSSR count). The van der Waals surface area contributed by atoms with E-state index in [2.05, 4.69) is 17.9 Å². The second-order valence-electron chi connectivity index (χ2n) is 4.20. The molecular weight excluding hydrogens is 222 g/mol. The van der Waals surface area contributed by atoms with Crippen LogP contribution in [0.2, 0.25) is 0 Å². The van der Waals surface area contributed by atoms with Crippen LogP contribution < -0.4 is 5.32 Å². The molecule has 1 aromatic carbocycles. The van der Waals surface area contributed by atoms with Crippen LogP contribution in [0.1, 0.15) is 24.2 Å². The number of hydrogen-bond acceptors (Lipinski definition) is 3. The predicted octanol–water partition coefficient (Wildman–Crippen LogP) is 2.13. The highest BCUT2D eigenvalue weighted by Crippen LogP contribution is 2.10. The van der Waals surface area contributed by atoms with Crippen molar-refractivity contribution in [2.75, 3.05) is 13.7 Å². The van der Waals surface area contributed by atoms with Crippen LogP contribution in [0.3, 0.4) is 0 Å². The van der Waals surface area contributed by atoms with E-state index in [0.717, 1.165) is 4.90 Å². The zero-order valence-electron chi connectivity index (χ0n) is 9.78. The molecule has 0 saturated heterocycles. The van der Waals surface area contributed by atoms with Gasteiger partial charge in [-0.05, 0) is 32.0 Å². The van der Waals surface area contributed by atoms with Gasteiger partial charge in [-0.25, -0.2) is 0 Å². The second kappa shape index (κ2) is 5.37. The third kappa shape index (κ3) is 3.87. The van der Waals surface area contributed by atoms with Crippen molar-refractivity contribution in [1.29, 1.82) is 0 Å². The number of amides is 1. The summed E-state index contributed by atoms with van der Waals surface area (Å²) in [7, 11) is 1.63. The van der Waals surface area contributed by atoms with Crippen LogP contribution in [-0.4, -0.2) is 25.2 Å². The Morgan fingerprint density at radius 3 is 2.75 bits per heavy atom. The first kappa shape index (κ1) is 13.1. The minimum atomic E-state index is -0.353. The molecule has 16 heavy (non-hydrogen) atoms. The van der Waals surface area contributed by atoms with Gasteiger partial charge in [0, 0.05) is 24.1 Å². The summed E-state index contributed by atoms with van der Waals surface area (Å²) in [5, 5.41) is 2.82. The first-order valence-electron chi connectivity index (χ1n) is 5.07. The third-order valence-corrected chi connectivity index (χ3v) is 2.61. The highest BCUT2D eigenvalue weighted by molar-refractivity contribution is 7.80. The van der Waals surface area contributed by atoms with Crippen molar-refractivity contribution in [3.63, 3.8) is 0 Å². The molecule has 0 aliphatic heterocycles. The number of carbonyl (C=O) groups excluding carboxylic acids is 1. The minimum Gasteiger partial charge on any atom is -0.377 e. The number of nitrogens with one attached hydrogen (secondary N) is 1. The Labute approximate surface area is 102 Å². The lowest BCUT2D eigenvalue weighted by atomic mass is 10.1. The maximum Gasteiger partial charge on any atom is 0.251 e. The predicted molar refractivity (Wildman–Crippen MR) is 67.1 cm³/mol. The molecule has 0 fully saturated rings. The molecule has 1 N–H and O–H groups in total. The summed E-state index contributed by atoms with van der Waals surface area (Å²) in [6.45, 7) is 4.31. The van der Waals surface area contributed by atoms with Crippen LogP contribution in [0.15, 0.2) is 29.2 Å². The zero-order chi connectivity index (χ0) is 12.2. The van der Waals surface area contributed by atoms with Crippen molar-refractivity contribution in [1.82, 2.24) is 5.32 Å². The SMILES string of the molecule is COC(C)(C)CNC(=O)c1cccc(S)c1. The number of benzene rings is 1. The number of rotatable bonds is 4. The van der Waals surface area contributed by atoms with E-state index in [1.807, 2.05) is 19.9 Å². The van der Waals surface area contributed by atoms with Gasteiger partial charge < -0.3 is 10.1 Å². The van der Waals surface area contributed by atoms with Gasteiger partial charge >= 0.3 is 0 Å². The monoisotopic (exact) mass is 239 g/mol. The summed E-state index contributed by atoms with van der Waals surface area (Å²) in [6, 6.07) is 7.13. The zero-order valence-corrected chi connectivity index (χ0v) is 10.7. The van der Waals surface area contributed by atoms with Crippen LogP contribution in [0, 0.1) is 0 Å². The van der Waals surface area contributed by atoms with Gasteiger partial charge in [-0.1, -0.05) is 6.07 Å². The average molecular weight is 239 g/mol. The number of hydrogen-bond donors (Lipinski definition) is 2. The standard InChI is InChI=1S/C12H17NO2S/c1-12(2,15-3)8-13-11(14)9-5-4-6-10(16)7-9/h4-7,16H,8H2,1-3H3,(H,13,14). The summed E-state index contributed by atoms with van der Waals surface area (Å²) in [6.07, 6.45) is 0. The Hall–Kier alpha value is -1.00. The number of carbonyl (C=O) groups is 1. The van der Waals surface area contributed by atoms with Crippen LogP contribution in [0.4, 0.5) is 0 Å². The van der Waals surface area contributed by atoms with E-state index in [-0.39, 0.29) is 11.5 Å². The van der Waals surface area contributed by atoms with Crippen molar-refractivity contribution in [3.05, 3.63) is 29.8 Å². The van der Waals surface area contributed by atoms with Gasteiger partial charge in [0.1, 0.15) is 0 Å². The van der Waals surface area contributed by atoms with E-state index in [0.29, 0.717) is 12.1 Å². The summed E-state index contributed by atoms with van der Waals surface area (Å²) < 4.78 is 5.22. The molecule has 0 saturated carbocycles. The largest absolute Gasteiger partial charge is 0.377 e. The van der Waals surface area contributed by atoms with Gasteiger partial charge in [-0.2, -0.15) is 0 Å². The van der Waals surface area contributed by atoms with E-state index in [9.17, 15) is 4.79 Å². The summed E-state index contributed by atoms with van der Waals surface area (Å²) in [5.41, 5.74) is 0.258. The van der Waals surface area contributed by atoms with Crippen LogP contribution in [-0.2, 0) is 4.74 Å². The Balaban J connectivity index is 2.60. The van der Waals surface area contributed by atoms with Gasteiger partial charge in [-0.3, -0.25) is 4.79 Å². The van der Waals surface area contributed by atoms with Gasteiger partial charge in [0.15, 0.2) is 0 Å². The maximum absolute atomic E-state index is 11.8. The van der Waals surface area contributed by atoms with Crippen molar-refractivity contribution < 1.29 is 9.53 Å². The molecular formula is C12H17NO2S. The molecule has 88 valence electrons. The first-order valence-corrected chi connectivity index (χ1v) is 5.52. The lowest BCUT2D eigenvalue weighted by Crippen LogP contribution is -2.39. The Morgan fingerprint density at radius 2 is 2.19 bits per heavy atom. The van der Waals surface area contributed by atoms with Gasteiger partial charge in [0.25, 0.3) is 5.91 Å². The van der Waals surface area contributed by atoms with Crippen LogP contribution in [0.25, 0.3) is 0 Å². The highest BCUT2D eigenvalue weighted by atomic mass is 32.1.